The van der Waals surface area contributed by atoms with E-state index in [1.54, 1.807) is 25.3 Å². The number of benzene rings is 2. The minimum absolute atomic E-state index is 0.415. The number of rotatable bonds is 3. The number of hydrogen-bond acceptors (Lipinski definition) is 4. The normalized spacial score (nSPS) is 10.7. The van der Waals surface area contributed by atoms with Crippen molar-refractivity contribution in [2.75, 3.05) is 14.2 Å². The molecule has 22 heavy (non-hydrogen) atoms. The summed E-state index contributed by atoms with van der Waals surface area (Å²) in [5, 5.41) is 0.781. The molecule has 0 atom stereocenters. The Hall–Kier alpha value is -2.27. The molecule has 0 saturated carbocycles. The summed E-state index contributed by atoms with van der Waals surface area (Å²) in [7, 11) is 3.13. The molecule has 4 nitrogen and oxygen atoms in total. The van der Waals surface area contributed by atoms with Gasteiger partial charge in [-0.1, -0.05) is 28.1 Å². The van der Waals surface area contributed by atoms with Crippen LogP contribution in [0, 0.1) is 0 Å². The van der Waals surface area contributed by atoms with E-state index in [4.69, 9.17) is 13.9 Å². The molecular formula is C17H13BrO4. The Balaban J connectivity index is 2.27. The lowest BCUT2D eigenvalue weighted by atomic mass is 10.1. The molecule has 0 radical (unpaired) electrons. The molecule has 3 rings (SSSR count). The molecule has 0 aliphatic heterocycles. The summed E-state index contributed by atoms with van der Waals surface area (Å²) in [6.07, 6.45) is 0. The minimum atomic E-state index is -0.415. The van der Waals surface area contributed by atoms with Crippen LogP contribution < -0.4 is 15.1 Å². The molecule has 0 bridgehead atoms. The third-order valence-corrected chi connectivity index (χ3v) is 3.82. The predicted octanol–water partition coefficient (Wildman–Crippen LogP) is 4.24. The van der Waals surface area contributed by atoms with E-state index in [-0.39, 0.29) is 0 Å². The summed E-state index contributed by atoms with van der Waals surface area (Å²) in [6.45, 7) is 0. The summed E-state index contributed by atoms with van der Waals surface area (Å²) in [5.74, 6) is 1.20. The van der Waals surface area contributed by atoms with Gasteiger partial charge in [-0.25, -0.2) is 4.79 Å². The van der Waals surface area contributed by atoms with Crippen molar-refractivity contribution in [3.05, 3.63) is 57.4 Å². The maximum atomic E-state index is 12.3. The van der Waals surface area contributed by atoms with Crippen LogP contribution in [0.4, 0.5) is 0 Å². The molecule has 0 aliphatic rings. The Labute approximate surface area is 135 Å². The van der Waals surface area contributed by atoms with E-state index in [0.29, 0.717) is 22.6 Å². The van der Waals surface area contributed by atoms with E-state index in [9.17, 15) is 4.79 Å². The lowest BCUT2D eigenvalue weighted by Crippen LogP contribution is -2.03. The van der Waals surface area contributed by atoms with Crippen LogP contribution in [0.3, 0.4) is 0 Å². The van der Waals surface area contributed by atoms with Crippen molar-refractivity contribution in [3.63, 3.8) is 0 Å². The largest absolute Gasteiger partial charge is 0.497 e. The van der Waals surface area contributed by atoms with Gasteiger partial charge >= 0.3 is 5.63 Å². The zero-order chi connectivity index (χ0) is 15.7. The second-order valence-corrected chi connectivity index (χ2v) is 5.62. The second-order valence-electron chi connectivity index (χ2n) is 4.71. The first-order valence-electron chi connectivity index (χ1n) is 6.58. The van der Waals surface area contributed by atoms with Crippen LogP contribution in [0.1, 0.15) is 0 Å². The maximum Gasteiger partial charge on any atom is 0.344 e. The number of hydrogen-bond donors (Lipinski definition) is 0. The molecule has 0 N–H and O–H groups in total. The highest BCUT2D eigenvalue weighted by atomic mass is 79.9. The molecule has 1 aromatic heterocycles. The van der Waals surface area contributed by atoms with Gasteiger partial charge in [0.15, 0.2) is 11.3 Å². The summed E-state index contributed by atoms with van der Waals surface area (Å²) < 4.78 is 16.8. The van der Waals surface area contributed by atoms with Gasteiger partial charge in [-0.2, -0.15) is 0 Å². The summed E-state index contributed by atoms with van der Waals surface area (Å²) in [4.78, 5) is 12.3. The standard InChI is InChI=1S/C17H13BrO4/c1-20-13-5-3-4-10(7-13)14-8-11-6-12(18)9-15(21-2)16(11)22-17(14)19/h3-9H,1-2H3. The van der Waals surface area contributed by atoms with E-state index in [0.717, 1.165) is 15.4 Å². The molecule has 5 heteroatoms. The predicted molar refractivity (Wildman–Crippen MR) is 88.7 cm³/mol. The Bertz CT molecular complexity index is 899. The summed E-state index contributed by atoms with van der Waals surface area (Å²) >= 11 is 3.43. The third kappa shape index (κ3) is 2.60. The Morgan fingerprint density at radius 2 is 1.86 bits per heavy atom. The lowest BCUT2D eigenvalue weighted by molar-refractivity contribution is 0.406. The van der Waals surface area contributed by atoms with Gasteiger partial charge in [0.1, 0.15) is 5.75 Å². The molecule has 0 saturated heterocycles. The van der Waals surface area contributed by atoms with Gasteiger partial charge in [0.2, 0.25) is 0 Å². The molecule has 0 amide bonds. The van der Waals surface area contributed by atoms with Gasteiger partial charge in [-0.05, 0) is 35.9 Å². The fraction of sp³-hybridized carbons (Fsp3) is 0.118. The van der Waals surface area contributed by atoms with Crippen LogP contribution in [0.15, 0.2) is 56.1 Å². The maximum absolute atomic E-state index is 12.3. The van der Waals surface area contributed by atoms with Crippen molar-refractivity contribution in [3.8, 4) is 22.6 Å². The van der Waals surface area contributed by atoms with Gasteiger partial charge < -0.3 is 13.9 Å². The van der Waals surface area contributed by atoms with Crippen molar-refractivity contribution >= 4 is 26.9 Å². The highest BCUT2D eigenvalue weighted by Gasteiger charge is 2.12. The van der Waals surface area contributed by atoms with Gasteiger partial charge in [0.25, 0.3) is 0 Å². The molecule has 0 fully saturated rings. The van der Waals surface area contributed by atoms with Gasteiger partial charge in [0.05, 0.1) is 19.8 Å². The van der Waals surface area contributed by atoms with Crippen LogP contribution in [0.2, 0.25) is 0 Å². The van der Waals surface area contributed by atoms with Gasteiger partial charge in [-0.15, -0.1) is 0 Å². The van der Waals surface area contributed by atoms with E-state index < -0.39 is 5.63 Å². The average molecular weight is 361 g/mol. The molecular weight excluding hydrogens is 348 g/mol. The van der Waals surface area contributed by atoms with E-state index in [1.165, 1.54) is 7.11 Å². The Morgan fingerprint density at radius 1 is 1.05 bits per heavy atom. The molecule has 2 aromatic carbocycles. The average Bonchev–Trinajstić information content (AvgIpc) is 2.54. The van der Waals surface area contributed by atoms with Crippen molar-refractivity contribution in [2.24, 2.45) is 0 Å². The van der Waals surface area contributed by atoms with Gasteiger partial charge in [-0.3, -0.25) is 0 Å². The van der Waals surface area contributed by atoms with Crippen molar-refractivity contribution < 1.29 is 13.9 Å². The molecule has 3 aromatic rings. The zero-order valence-electron chi connectivity index (χ0n) is 12.1. The first kappa shape index (κ1) is 14.7. The van der Waals surface area contributed by atoms with Crippen molar-refractivity contribution in [2.45, 2.75) is 0 Å². The second kappa shape index (κ2) is 5.85. The molecule has 0 aliphatic carbocycles. The summed E-state index contributed by atoms with van der Waals surface area (Å²) in [5.41, 5.74) is 1.24. The third-order valence-electron chi connectivity index (χ3n) is 3.36. The van der Waals surface area contributed by atoms with Crippen molar-refractivity contribution in [1.29, 1.82) is 0 Å². The number of methoxy groups -OCH3 is 2. The lowest BCUT2D eigenvalue weighted by Gasteiger charge is -2.08. The fourth-order valence-electron chi connectivity index (χ4n) is 2.31. The minimum Gasteiger partial charge on any atom is -0.497 e. The molecule has 1 heterocycles. The first-order valence-corrected chi connectivity index (χ1v) is 7.37. The monoisotopic (exact) mass is 360 g/mol. The van der Waals surface area contributed by atoms with Crippen LogP contribution in [0.25, 0.3) is 22.1 Å². The highest BCUT2D eigenvalue weighted by Crippen LogP contribution is 2.31. The van der Waals surface area contributed by atoms with E-state index >= 15 is 0 Å². The van der Waals surface area contributed by atoms with E-state index in [1.807, 2.05) is 24.3 Å². The van der Waals surface area contributed by atoms with E-state index in [2.05, 4.69) is 15.9 Å². The fourth-order valence-corrected chi connectivity index (χ4v) is 2.77. The molecule has 0 spiro atoms. The topological polar surface area (TPSA) is 48.7 Å². The SMILES string of the molecule is COc1cccc(-c2cc3cc(Br)cc(OC)c3oc2=O)c1. The smallest absolute Gasteiger partial charge is 0.344 e. The highest BCUT2D eigenvalue weighted by molar-refractivity contribution is 9.10. The quantitative estimate of drug-likeness (QED) is 0.655. The van der Waals surface area contributed by atoms with Crippen LogP contribution in [-0.4, -0.2) is 14.2 Å². The number of halogens is 1. The first-order chi connectivity index (χ1) is 10.6. The molecule has 0 unspecified atom stereocenters. The summed E-state index contributed by atoms with van der Waals surface area (Å²) in [6, 6.07) is 12.7. The molecule has 112 valence electrons. The van der Waals surface area contributed by atoms with Crippen molar-refractivity contribution in [1.82, 2.24) is 0 Å². The Morgan fingerprint density at radius 3 is 2.59 bits per heavy atom. The zero-order valence-corrected chi connectivity index (χ0v) is 13.6. The number of ether oxygens (including phenoxy) is 2. The van der Waals surface area contributed by atoms with Crippen LogP contribution in [-0.2, 0) is 0 Å². The Kier molecular flexibility index (Phi) is 3.90. The van der Waals surface area contributed by atoms with Crippen LogP contribution >= 0.6 is 15.9 Å². The number of fused-ring (bicyclic) bond motifs is 1. The van der Waals surface area contributed by atoms with Gasteiger partial charge in [0, 0.05) is 9.86 Å². The van der Waals surface area contributed by atoms with Crippen LogP contribution in [0.5, 0.6) is 11.5 Å².